The van der Waals surface area contributed by atoms with Crippen LogP contribution < -0.4 is 0 Å². The van der Waals surface area contributed by atoms with Crippen LogP contribution in [0.4, 0.5) is 0 Å². The second-order valence-electron chi connectivity index (χ2n) is 5.42. The van der Waals surface area contributed by atoms with Gasteiger partial charge in [0.2, 0.25) is 0 Å². The molecule has 7 heteroatoms. The number of esters is 4. The Balaban J connectivity index is 0. The van der Waals surface area contributed by atoms with E-state index >= 15 is 0 Å². The van der Waals surface area contributed by atoms with Crippen LogP contribution in [0.3, 0.4) is 0 Å². The first kappa shape index (κ1) is 25.5. The first-order chi connectivity index (χ1) is 12.3. The molecule has 1 rings (SSSR count). The van der Waals surface area contributed by atoms with Gasteiger partial charge in [0.05, 0.1) is 13.7 Å². The summed E-state index contributed by atoms with van der Waals surface area (Å²) < 4.78 is 13.0. The monoisotopic (exact) mass is 368 g/mol. The molecule has 0 saturated heterocycles. The topological polar surface area (TPSA) is 96.0 Å². The first-order valence-electron chi connectivity index (χ1n) is 8.20. The number of unbranched alkanes of at least 4 members (excludes halogenated alkanes) is 2. The smallest absolute Gasteiger partial charge is 0.338 e. The molecule has 0 saturated carbocycles. The van der Waals surface area contributed by atoms with Crippen molar-refractivity contribution in [1.82, 2.24) is 0 Å². The number of carbonyl (C=O) groups excluding carboxylic acids is 4. The van der Waals surface area contributed by atoms with Gasteiger partial charge in [-0.15, -0.1) is 0 Å². The molecule has 1 aliphatic heterocycles. The van der Waals surface area contributed by atoms with Gasteiger partial charge in [-0.1, -0.05) is 46.3 Å². The summed E-state index contributed by atoms with van der Waals surface area (Å²) in [5, 5.41) is 0. The van der Waals surface area contributed by atoms with Crippen LogP contribution in [0.2, 0.25) is 0 Å². The Hall–Kier alpha value is -2.70. The number of rotatable bonds is 8. The SMILES string of the molecule is C=CC(=O)OC.C=CC(=O)OCCCCCC(C)C.O=C1C=CC(=O)O1. The summed E-state index contributed by atoms with van der Waals surface area (Å²) in [5.74, 6) is -1.09. The van der Waals surface area contributed by atoms with E-state index in [0.29, 0.717) is 6.61 Å². The van der Waals surface area contributed by atoms with E-state index in [4.69, 9.17) is 4.74 Å². The zero-order valence-corrected chi connectivity index (χ0v) is 15.7. The lowest BCUT2D eigenvalue weighted by molar-refractivity contribution is -0.150. The Morgan fingerprint density at radius 1 is 1.04 bits per heavy atom. The molecule has 0 spiro atoms. The summed E-state index contributed by atoms with van der Waals surface area (Å²) in [5.41, 5.74) is 0. The highest BCUT2D eigenvalue weighted by Crippen LogP contribution is 2.07. The van der Waals surface area contributed by atoms with Gasteiger partial charge in [-0.05, 0) is 12.3 Å². The predicted molar refractivity (Wildman–Crippen MR) is 96.9 cm³/mol. The highest BCUT2D eigenvalue weighted by Gasteiger charge is 2.10. The number of hydrogen-bond donors (Lipinski definition) is 0. The van der Waals surface area contributed by atoms with Gasteiger partial charge in [-0.2, -0.15) is 0 Å². The minimum atomic E-state index is -0.579. The van der Waals surface area contributed by atoms with E-state index < -0.39 is 17.9 Å². The molecule has 0 fully saturated rings. The predicted octanol–water partition coefficient (Wildman–Crippen LogP) is 2.90. The molecular formula is C19H28O7. The molecule has 0 aromatic rings. The largest absolute Gasteiger partial charge is 0.466 e. The van der Waals surface area contributed by atoms with Crippen molar-refractivity contribution < 1.29 is 33.4 Å². The molecule has 0 radical (unpaired) electrons. The summed E-state index contributed by atoms with van der Waals surface area (Å²) >= 11 is 0. The van der Waals surface area contributed by atoms with Crippen molar-refractivity contribution in [3.05, 3.63) is 37.5 Å². The number of carbonyl (C=O) groups is 4. The van der Waals surface area contributed by atoms with Gasteiger partial charge in [0, 0.05) is 24.3 Å². The van der Waals surface area contributed by atoms with Crippen molar-refractivity contribution in [2.45, 2.75) is 39.5 Å². The van der Waals surface area contributed by atoms with Crippen LogP contribution in [-0.4, -0.2) is 37.6 Å². The van der Waals surface area contributed by atoms with Crippen molar-refractivity contribution in [3.63, 3.8) is 0 Å². The fraction of sp³-hybridized carbons (Fsp3) is 0.474. The van der Waals surface area contributed by atoms with Crippen molar-refractivity contribution in [2.24, 2.45) is 5.92 Å². The standard InChI is InChI=1S/C11H20O2.C4H2O3.C4H6O2/c1-4-11(12)13-9-7-5-6-8-10(2)3;5-3-1-2-4(6)7-3;1-3-4(5)6-2/h4,10H,1,5-9H2,2-3H3;1-2H;3H,1H2,2H3. The Morgan fingerprint density at radius 3 is 1.88 bits per heavy atom. The molecule has 0 aromatic carbocycles. The first-order valence-corrected chi connectivity index (χ1v) is 8.20. The summed E-state index contributed by atoms with van der Waals surface area (Å²) in [6.45, 7) is 11.5. The van der Waals surface area contributed by atoms with E-state index in [0.717, 1.165) is 37.0 Å². The molecule has 0 bridgehead atoms. The molecule has 0 unspecified atom stereocenters. The highest BCUT2D eigenvalue weighted by atomic mass is 16.6. The van der Waals surface area contributed by atoms with Crippen molar-refractivity contribution in [1.29, 1.82) is 0 Å². The van der Waals surface area contributed by atoms with Crippen LogP contribution in [0.25, 0.3) is 0 Å². The molecule has 146 valence electrons. The lowest BCUT2D eigenvalue weighted by Gasteiger charge is -2.04. The summed E-state index contributed by atoms with van der Waals surface area (Å²) in [6, 6.07) is 0. The van der Waals surface area contributed by atoms with Gasteiger partial charge in [0.25, 0.3) is 0 Å². The quantitative estimate of drug-likeness (QED) is 0.214. The van der Waals surface area contributed by atoms with Gasteiger partial charge in [0.1, 0.15) is 0 Å². The third kappa shape index (κ3) is 19.3. The average Bonchev–Trinajstić information content (AvgIpc) is 3.00. The van der Waals surface area contributed by atoms with Gasteiger partial charge < -0.3 is 14.2 Å². The molecule has 0 atom stereocenters. The Bertz CT molecular complexity index is 488. The zero-order chi connectivity index (χ0) is 20.4. The van der Waals surface area contributed by atoms with Crippen LogP contribution in [-0.2, 0) is 33.4 Å². The van der Waals surface area contributed by atoms with E-state index in [1.807, 2.05) is 0 Å². The van der Waals surface area contributed by atoms with Crippen molar-refractivity contribution >= 4 is 23.9 Å². The molecule has 0 aliphatic carbocycles. The van der Waals surface area contributed by atoms with Crippen LogP contribution in [0.15, 0.2) is 37.5 Å². The van der Waals surface area contributed by atoms with Gasteiger partial charge in [-0.3, -0.25) is 0 Å². The van der Waals surface area contributed by atoms with E-state index in [2.05, 4.69) is 36.5 Å². The normalized spacial score (nSPS) is 11.4. The van der Waals surface area contributed by atoms with Gasteiger partial charge >= 0.3 is 23.9 Å². The molecule has 1 heterocycles. The lowest BCUT2D eigenvalue weighted by atomic mass is 10.1. The molecule has 7 nitrogen and oxygen atoms in total. The van der Waals surface area contributed by atoms with E-state index in [-0.39, 0.29) is 5.97 Å². The van der Waals surface area contributed by atoms with E-state index in [1.165, 1.54) is 26.0 Å². The fourth-order valence-electron chi connectivity index (χ4n) is 1.45. The van der Waals surface area contributed by atoms with E-state index in [9.17, 15) is 19.2 Å². The maximum absolute atomic E-state index is 10.6. The zero-order valence-electron chi connectivity index (χ0n) is 15.7. The number of methoxy groups -OCH3 is 1. The van der Waals surface area contributed by atoms with Crippen LogP contribution in [0.1, 0.15) is 39.5 Å². The highest BCUT2D eigenvalue weighted by molar-refractivity contribution is 6.04. The van der Waals surface area contributed by atoms with Gasteiger partial charge in [0.15, 0.2) is 0 Å². The summed E-state index contributed by atoms with van der Waals surface area (Å²) in [7, 11) is 1.31. The number of cyclic esters (lactones) is 2. The van der Waals surface area contributed by atoms with Crippen LogP contribution in [0.5, 0.6) is 0 Å². The summed E-state index contributed by atoms with van der Waals surface area (Å²) in [4.78, 5) is 40.3. The van der Waals surface area contributed by atoms with Crippen LogP contribution in [0, 0.1) is 5.92 Å². The van der Waals surface area contributed by atoms with Crippen molar-refractivity contribution in [2.75, 3.05) is 13.7 Å². The molecule has 26 heavy (non-hydrogen) atoms. The van der Waals surface area contributed by atoms with Crippen molar-refractivity contribution in [3.8, 4) is 0 Å². The minimum absolute atomic E-state index is 0.316. The number of ether oxygens (including phenoxy) is 3. The summed E-state index contributed by atoms with van der Waals surface area (Å²) in [6.07, 6.45) is 9.08. The average molecular weight is 368 g/mol. The molecule has 0 amide bonds. The Labute approximate surface area is 154 Å². The maximum atomic E-state index is 10.6. The molecule has 0 N–H and O–H groups in total. The fourth-order valence-corrected chi connectivity index (χ4v) is 1.45. The molecule has 0 aromatic heterocycles. The third-order valence-electron chi connectivity index (χ3n) is 2.76. The second-order valence-corrected chi connectivity index (χ2v) is 5.42. The third-order valence-corrected chi connectivity index (χ3v) is 2.76. The number of hydrogen-bond acceptors (Lipinski definition) is 7. The van der Waals surface area contributed by atoms with E-state index in [1.54, 1.807) is 0 Å². The maximum Gasteiger partial charge on any atom is 0.338 e. The lowest BCUT2D eigenvalue weighted by Crippen LogP contribution is -2.01. The molecule has 1 aliphatic rings. The van der Waals surface area contributed by atoms with Gasteiger partial charge in [-0.25, -0.2) is 19.2 Å². The second kappa shape index (κ2) is 17.1. The molecular weight excluding hydrogens is 340 g/mol. The minimum Gasteiger partial charge on any atom is -0.466 e. The Morgan fingerprint density at radius 2 is 1.58 bits per heavy atom. The van der Waals surface area contributed by atoms with Crippen LogP contribution >= 0.6 is 0 Å². The Kier molecular flexibility index (Phi) is 16.8.